The van der Waals surface area contributed by atoms with Crippen LogP contribution in [0.15, 0.2) is 53.0 Å². The van der Waals surface area contributed by atoms with Gasteiger partial charge in [-0.15, -0.1) is 0 Å². The van der Waals surface area contributed by atoms with Gasteiger partial charge in [0.25, 0.3) is 0 Å². The third-order valence-electron chi connectivity index (χ3n) is 5.88. The molecule has 0 aliphatic carbocycles. The highest BCUT2D eigenvalue weighted by Gasteiger charge is 2.43. The largest absolute Gasteiger partial charge is 0.391 e. The molecule has 0 saturated carbocycles. The van der Waals surface area contributed by atoms with Crippen LogP contribution < -0.4 is 0 Å². The van der Waals surface area contributed by atoms with Crippen LogP contribution >= 0.6 is 15.9 Å². The molecule has 3 atom stereocenters. The highest BCUT2D eigenvalue weighted by atomic mass is 79.9. The summed E-state index contributed by atoms with van der Waals surface area (Å²) in [4.78, 5) is 6.21. The Labute approximate surface area is 155 Å². The van der Waals surface area contributed by atoms with Gasteiger partial charge in [-0.05, 0) is 52.4 Å². The second-order valence-corrected chi connectivity index (χ2v) is 8.12. The molecule has 5 rings (SSSR count). The lowest BCUT2D eigenvalue weighted by Crippen LogP contribution is -2.53. The summed E-state index contributed by atoms with van der Waals surface area (Å²) in [7, 11) is 0. The number of aromatic amines is 1. The van der Waals surface area contributed by atoms with Crippen molar-refractivity contribution < 1.29 is 5.11 Å². The lowest BCUT2D eigenvalue weighted by molar-refractivity contribution is -0.0368. The zero-order chi connectivity index (χ0) is 17.0. The fourth-order valence-electron chi connectivity index (χ4n) is 4.70. The predicted octanol–water partition coefficient (Wildman–Crippen LogP) is 4.55. The van der Waals surface area contributed by atoms with Crippen molar-refractivity contribution in [3.05, 3.63) is 69.8 Å². The van der Waals surface area contributed by atoms with Crippen LogP contribution in [0.2, 0.25) is 0 Å². The molecule has 128 valence electrons. The number of halogens is 1. The SMILES string of the molecule is O[C@@H]1CC[C@@H]2c3[nH]c4c(Br)cccc4c3C[C@H]1N2Cc1ccccc1. The molecule has 3 nitrogen and oxygen atoms in total. The van der Waals surface area contributed by atoms with E-state index in [1.54, 1.807) is 0 Å². The molecule has 1 fully saturated rings. The predicted molar refractivity (Wildman–Crippen MR) is 103 cm³/mol. The van der Waals surface area contributed by atoms with E-state index in [1.807, 2.05) is 0 Å². The van der Waals surface area contributed by atoms with Crippen molar-refractivity contribution in [2.75, 3.05) is 0 Å². The van der Waals surface area contributed by atoms with Gasteiger partial charge >= 0.3 is 0 Å². The fourth-order valence-corrected chi connectivity index (χ4v) is 5.16. The van der Waals surface area contributed by atoms with Gasteiger partial charge in [0.2, 0.25) is 0 Å². The number of benzene rings is 2. The van der Waals surface area contributed by atoms with Gasteiger partial charge in [0.1, 0.15) is 0 Å². The van der Waals surface area contributed by atoms with Crippen molar-refractivity contribution in [1.82, 2.24) is 9.88 Å². The molecule has 0 amide bonds. The third-order valence-corrected chi connectivity index (χ3v) is 6.55. The first kappa shape index (κ1) is 15.6. The van der Waals surface area contributed by atoms with E-state index in [0.717, 1.165) is 30.3 Å². The van der Waals surface area contributed by atoms with E-state index in [2.05, 4.69) is 74.3 Å². The monoisotopic (exact) mass is 396 g/mol. The molecule has 2 N–H and O–H groups in total. The van der Waals surface area contributed by atoms with Crippen molar-refractivity contribution in [3.8, 4) is 0 Å². The summed E-state index contributed by atoms with van der Waals surface area (Å²) in [5, 5.41) is 12.0. The molecular weight excluding hydrogens is 376 g/mol. The third kappa shape index (κ3) is 2.47. The minimum Gasteiger partial charge on any atom is -0.391 e. The van der Waals surface area contributed by atoms with E-state index < -0.39 is 0 Å². The zero-order valence-corrected chi connectivity index (χ0v) is 15.5. The molecule has 1 saturated heterocycles. The summed E-state index contributed by atoms with van der Waals surface area (Å²) in [6, 6.07) is 17.6. The number of hydrogen-bond donors (Lipinski definition) is 2. The molecule has 4 heteroatoms. The summed E-state index contributed by atoms with van der Waals surface area (Å²) in [5.74, 6) is 0. The molecule has 2 aliphatic rings. The van der Waals surface area contributed by atoms with Gasteiger partial charge < -0.3 is 10.1 Å². The normalized spacial score (nSPS) is 25.9. The Morgan fingerprint density at radius 2 is 1.92 bits per heavy atom. The topological polar surface area (TPSA) is 39.3 Å². The highest BCUT2D eigenvalue weighted by Crippen LogP contribution is 2.45. The van der Waals surface area contributed by atoms with Crippen LogP contribution in [0.3, 0.4) is 0 Å². The maximum atomic E-state index is 10.7. The van der Waals surface area contributed by atoms with Crippen LogP contribution in [0.25, 0.3) is 10.9 Å². The van der Waals surface area contributed by atoms with Gasteiger partial charge in [0.05, 0.1) is 17.7 Å². The van der Waals surface area contributed by atoms with Gasteiger partial charge in [-0.3, -0.25) is 4.90 Å². The van der Waals surface area contributed by atoms with Gasteiger partial charge in [-0.25, -0.2) is 0 Å². The lowest BCUT2D eigenvalue weighted by Gasteiger charge is -2.48. The fraction of sp³-hybridized carbons (Fsp3) is 0.333. The summed E-state index contributed by atoms with van der Waals surface area (Å²) in [6.07, 6.45) is 2.56. The van der Waals surface area contributed by atoms with E-state index in [0.29, 0.717) is 6.04 Å². The van der Waals surface area contributed by atoms with Crippen molar-refractivity contribution in [2.45, 2.75) is 44.0 Å². The van der Waals surface area contributed by atoms with Crippen LogP contribution in [-0.4, -0.2) is 27.1 Å². The van der Waals surface area contributed by atoms with Crippen molar-refractivity contribution >= 4 is 26.8 Å². The number of aromatic nitrogens is 1. The summed E-state index contributed by atoms with van der Waals surface area (Å²) >= 11 is 3.68. The minimum absolute atomic E-state index is 0.199. The number of fused-ring (bicyclic) bond motifs is 6. The average Bonchev–Trinajstić information content (AvgIpc) is 2.99. The molecule has 2 aliphatic heterocycles. The number of nitrogens with zero attached hydrogens (tertiary/aromatic N) is 1. The second-order valence-electron chi connectivity index (χ2n) is 7.27. The zero-order valence-electron chi connectivity index (χ0n) is 14.0. The van der Waals surface area contributed by atoms with Crippen LogP contribution in [0.4, 0.5) is 0 Å². The van der Waals surface area contributed by atoms with Gasteiger partial charge in [0.15, 0.2) is 0 Å². The van der Waals surface area contributed by atoms with Crippen molar-refractivity contribution in [3.63, 3.8) is 0 Å². The Morgan fingerprint density at radius 3 is 2.76 bits per heavy atom. The van der Waals surface area contributed by atoms with Gasteiger partial charge in [0, 0.05) is 28.1 Å². The van der Waals surface area contributed by atoms with Crippen LogP contribution in [0.1, 0.15) is 35.7 Å². The summed E-state index contributed by atoms with van der Waals surface area (Å²) in [6.45, 7) is 0.892. The minimum atomic E-state index is -0.245. The molecular formula is C21H21BrN2O. The van der Waals surface area contributed by atoms with Crippen LogP contribution in [-0.2, 0) is 13.0 Å². The van der Waals surface area contributed by atoms with Crippen molar-refractivity contribution in [1.29, 1.82) is 0 Å². The van der Waals surface area contributed by atoms with Gasteiger partial charge in [-0.1, -0.05) is 42.5 Å². The standard InChI is InChI=1S/C21H21BrN2O/c22-16-8-4-7-14-15-11-18-19(25)10-9-17(21(15)23-20(14)16)24(18)12-13-5-2-1-3-6-13/h1-8,17-19,23,25H,9-12H2/t17-,18-,19-/m1/s1. The number of H-pyrrole nitrogens is 1. The Morgan fingerprint density at radius 1 is 1.08 bits per heavy atom. The smallest absolute Gasteiger partial charge is 0.0699 e. The molecule has 1 aromatic heterocycles. The van der Waals surface area contributed by atoms with E-state index in [1.165, 1.54) is 27.7 Å². The van der Waals surface area contributed by atoms with Crippen LogP contribution in [0.5, 0.6) is 0 Å². The quantitative estimate of drug-likeness (QED) is 0.666. The number of piperidine rings is 1. The lowest BCUT2D eigenvalue weighted by atomic mass is 9.80. The van der Waals surface area contributed by atoms with E-state index in [4.69, 9.17) is 0 Å². The Bertz CT molecular complexity index is 920. The Hall–Kier alpha value is -1.62. The molecule has 25 heavy (non-hydrogen) atoms. The first-order valence-corrected chi connectivity index (χ1v) is 9.78. The number of hydrogen-bond acceptors (Lipinski definition) is 2. The summed E-state index contributed by atoms with van der Waals surface area (Å²) < 4.78 is 1.11. The molecule has 0 unspecified atom stereocenters. The molecule has 3 aromatic rings. The summed E-state index contributed by atoms with van der Waals surface area (Å²) in [5.41, 5.74) is 5.25. The maximum absolute atomic E-state index is 10.7. The molecule has 3 heterocycles. The van der Waals surface area contributed by atoms with Crippen LogP contribution in [0, 0.1) is 0 Å². The first-order chi connectivity index (χ1) is 12.2. The number of para-hydroxylation sites is 1. The van der Waals surface area contributed by atoms with E-state index >= 15 is 0 Å². The number of aliphatic hydroxyl groups is 1. The number of nitrogens with one attached hydrogen (secondary N) is 1. The molecule has 0 radical (unpaired) electrons. The van der Waals surface area contributed by atoms with Crippen molar-refractivity contribution in [2.24, 2.45) is 0 Å². The number of rotatable bonds is 2. The Kier molecular flexibility index (Phi) is 3.73. The maximum Gasteiger partial charge on any atom is 0.0699 e. The second kappa shape index (κ2) is 5.97. The van der Waals surface area contributed by atoms with Gasteiger partial charge in [-0.2, -0.15) is 0 Å². The first-order valence-electron chi connectivity index (χ1n) is 8.99. The Balaban J connectivity index is 1.61. The van der Waals surface area contributed by atoms with E-state index in [9.17, 15) is 5.11 Å². The molecule has 2 bridgehead atoms. The van der Waals surface area contributed by atoms with E-state index in [-0.39, 0.29) is 12.1 Å². The molecule has 0 spiro atoms. The molecule has 2 aromatic carbocycles. The highest BCUT2D eigenvalue weighted by molar-refractivity contribution is 9.10. The average molecular weight is 397 g/mol. The number of aliphatic hydroxyl groups excluding tert-OH is 1.